The second-order valence-electron chi connectivity index (χ2n) is 24.7. The number of halogens is 6. The number of esters is 11. The largest absolute Gasteiger partial charge is 0.466 e. The van der Waals surface area contributed by atoms with Gasteiger partial charge in [-0.15, -0.1) is 0 Å². The smallest absolute Gasteiger partial charge is 0.425 e. The third-order valence-electron chi connectivity index (χ3n) is 13.3. The minimum Gasteiger partial charge on any atom is -0.466 e. The molecule has 2 saturated carbocycles. The summed E-state index contributed by atoms with van der Waals surface area (Å²) in [5, 5.41) is 9.45. The highest BCUT2D eigenvalue weighted by molar-refractivity contribution is 5.91. The average Bonchev–Trinajstić information content (AvgIpc) is 1.55. The number of carbonyl (C=O) groups excluding carboxylic acids is 11. The maximum atomic E-state index is 12.6. The molecule has 30 heteroatoms. The van der Waals surface area contributed by atoms with Crippen molar-refractivity contribution in [3.63, 3.8) is 0 Å². The van der Waals surface area contributed by atoms with Crippen LogP contribution >= 0.6 is 0 Å². The minimum absolute atomic E-state index is 0.0342. The summed E-state index contributed by atoms with van der Waals surface area (Å²) in [4.78, 5) is 126. The molecular formula is C64H94F6O24. The number of rotatable bonds is 27. The maximum absolute atomic E-state index is 12.6. The zero-order valence-corrected chi connectivity index (χ0v) is 57.0. The van der Waals surface area contributed by atoms with Crippen molar-refractivity contribution < 1.29 is 141 Å². The molecule has 0 spiro atoms. The fraction of sp³-hybridized carbons (Fsp3) is 0.672. The molecule has 94 heavy (non-hydrogen) atoms. The second-order valence-corrected chi connectivity index (χ2v) is 24.7. The Morgan fingerprint density at radius 3 is 1.40 bits per heavy atom. The number of carbonyl (C=O) groups is 11. The van der Waals surface area contributed by atoms with Gasteiger partial charge in [0.05, 0.1) is 25.6 Å². The van der Waals surface area contributed by atoms with Crippen LogP contribution in [0.1, 0.15) is 143 Å². The number of fused-ring (bicyclic) bond motifs is 1. The van der Waals surface area contributed by atoms with E-state index in [1.54, 1.807) is 20.8 Å². The van der Waals surface area contributed by atoms with Crippen molar-refractivity contribution in [1.29, 1.82) is 0 Å². The van der Waals surface area contributed by atoms with E-state index in [-0.39, 0.29) is 53.1 Å². The maximum Gasteiger partial charge on any atom is 0.425 e. The lowest BCUT2D eigenvalue weighted by Gasteiger charge is -2.31. The van der Waals surface area contributed by atoms with Crippen LogP contribution in [0.3, 0.4) is 0 Å². The first-order chi connectivity index (χ1) is 42.6. The highest BCUT2D eigenvalue weighted by Crippen LogP contribution is 2.59. The Morgan fingerprint density at radius 2 is 1.03 bits per heavy atom. The number of aliphatic hydroxyl groups is 1. The third kappa shape index (κ3) is 30.6. The van der Waals surface area contributed by atoms with Crippen LogP contribution in [0.4, 0.5) is 26.3 Å². The molecular weight excluding hydrogens is 1270 g/mol. The molecule has 0 radical (unpaired) electrons. The van der Waals surface area contributed by atoms with Crippen LogP contribution in [0.5, 0.6) is 0 Å². The van der Waals surface area contributed by atoms with Crippen molar-refractivity contribution >= 4 is 65.7 Å². The third-order valence-corrected chi connectivity index (χ3v) is 13.3. The molecule has 1 aliphatic heterocycles. The summed E-state index contributed by atoms with van der Waals surface area (Å²) in [7, 11) is 2.69. The highest BCUT2D eigenvalue weighted by atomic mass is 19.4. The van der Waals surface area contributed by atoms with Crippen molar-refractivity contribution in [2.75, 3.05) is 34.0 Å². The zero-order valence-electron chi connectivity index (χ0n) is 57.0. The molecule has 0 aromatic heterocycles. The first-order valence-electron chi connectivity index (χ1n) is 29.4. The summed E-state index contributed by atoms with van der Waals surface area (Å²) in [6.07, 6.45) is -14.1. The molecule has 1 N–H and O–H groups in total. The summed E-state index contributed by atoms with van der Waals surface area (Å²) in [6.45, 7) is 41.9. The van der Waals surface area contributed by atoms with E-state index >= 15 is 0 Å². The van der Waals surface area contributed by atoms with Crippen molar-refractivity contribution in [3.8, 4) is 0 Å². The van der Waals surface area contributed by atoms with Crippen LogP contribution in [0.2, 0.25) is 0 Å². The summed E-state index contributed by atoms with van der Waals surface area (Å²) < 4.78 is 134. The van der Waals surface area contributed by atoms with Gasteiger partial charge in [0.2, 0.25) is 17.5 Å². The van der Waals surface area contributed by atoms with Gasteiger partial charge < -0.3 is 61.9 Å². The molecule has 3 fully saturated rings. The Balaban J connectivity index is 0. The lowest BCUT2D eigenvalue weighted by molar-refractivity contribution is -0.262. The van der Waals surface area contributed by atoms with E-state index in [9.17, 15) is 84.2 Å². The fourth-order valence-electron chi connectivity index (χ4n) is 8.20. The van der Waals surface area contributed by atoms with Gasteiger partial charge in [0.15, 0.2) is 24.9 Å². The van der Waals surface area contributed by atoms with Gasteiger partial charge in [-0.2, -0.15) is 26.3 Å². The molecule has 2 aliphatic carbocycles. The standard InChI is InChI=1S/C16H17F3O6.C15H24O6.C13H21F3O3.C11H16O6.C9H16O3/c1-5(2)13(20)24-11-7-4-8-10(15(22)25-12(8)11)9(7)14(21)23-6(3)16(17,18)19;1-10(2)7-8-19-14(18)15(5,6)21-12(16)9-20-13(17)11(3)4;1-8(2)6-10(19-11(17)9(3)4)7-12(5,18)13(14,15)16;1-7(2)9(13)16-6-8(12)17-11(3,4)10(14)15-5;1-6(2)8(10)12-9(11-5)7(3)4/h6-12H,1,4H2,2-3H3;10H,3,7-9H2,1-2,4-6H3;8,10,18H,3,6-7H2,1-2,4-5H3;1,6H2,2-5H3;7,9H,1H2,2-5H3. The van der Waals surface area contributed by atoms with Crippen molar-refractivity contribution in [3.05, 3.63) is 60.8 Å². The first kappa shape index (κ1) is 88.4. The van der Waals surface area contributed by atoms with Crippen LogP contribution in [-0.4, -0.2) is 165 Å². The normalized spacial score (nSPS) is 19.1. The average molecular weight is 1360 g/mol. The number of methoxy groups -OCH3 is 2. The van der Waals surface area contributed by atoms with Crippen LogP contribution in [-0.2, 0) is 110 Å². The van der Waals surface area contributed by atoms with Crippen molar-refractivity contribution in [2.24, 2.45) is 41.4 Å². The lowest BCUT2D eigenvalue weighted by Crippen LogP contribution is -2.45. The van der Waals surface area contributed by atoms with Crippen molar-refractivity contribution in [2.45, 2.75) is 203 Å². The molecule has 10 atom stereocenters. The summed E-state index contributed by atoms with van der Waals surface area (Å²) >= 11 is 0. The van der Waals surface area contributed by atoms with E-state index in [1.807, 2.05) is 27.7 Å². The van der Waals surface area contributed by atoms with Gasteiger partial charge in [-0.05, 0) is 107 Å². The Hall–Kier alpha value is -7.63. The van der Waals surface area contributed by atoms with E-state index < -0.39 is 163 Å². The monoisotopic (exact) mass is 1360 g/mol. The fourth-order valence-corrected chi connectivity index (χ4v) is 8.20. The molecule has 1 heterocycles. The van der Waals surface area contributed by atoms with E-state index in [0.29, 0.717) is 24.8 Å². The van der Waals surface area contributed by atoms with Gasteiger partial charge in [-0.3, -0.25) is 9.59 Å². The number of hydrogen-bond acceptors (Lipinski definition) is 24. The Bertz CT molecular complexity index is 2720. The molecule has 3 rings (SSSR count). The number of hydrogen-bond donors (Lipinski definition) is 1. The topological polar surface area (TPSA) is 319 Å². The first-order valence-corrected chi connectivity index (χ1v) is 29.4. The zero-order chi connectivity index (χ0) is 74.1. The van der Waals surface area contributed by atoms with Crippen LogP contribution < -0.4 is 0 Å². The van der Waals surface area contributed by atoms with Gasteiger partial charge in [0, 0.05) is 59.1 Å². The Labute approximate surface area is 544 Å². The SMILES string of the molecule is C=C(C)C(=O)OC(CC(C)C)CC(C)(O)C(F)(F)F.C=C(C)C(=O)OC(OC)C(C)C.C=C(C)C(=O)OC1C2CC3C1OC(=O)C3C2C(=O)OC(C)C(F)(F)F.C=C(C)C(=O)OCC(=O)OC(C)(C)C(=O)OC.C=C(C)C(=O)OCC(=O)OC(C)(C)C(=O)OCCC(C)C. The molecule has 24 nitrogen and oxygen atoms in total. The van der Waals surface area contributed by atoms with Gasteiger partial charge in [0.25, 0.3) is 0 Å². The molecule has 536 valence electrons. The minimum atomic E-state index is -4.77. The quantitative estimate of drug-likeness (QED) is 0.0263. The Morgan fingerprint density at radius 1 is 0.596 bits per heavy atom. The summed E-state index contributed by atoms with van der Waals surface area (Å²) in [5.74, 6) is -10.3. The lowest BCUT2D eigenvalue weighted by atomic mass is 9.78. The Kier molecular flexibility index (Phi) is 36.4. The highest BCUT2D eigenvalue weighted by Gasteiger charge is 2.70. The van der Waals surface area contributed by atoms with Gasteiger partial charge in [-0.25, -0.2) is 43.2 Å². The van der Waals surface area contributed by atoms with E-state index in [0.717, 1.165) is 13.3 Å². The van der Waals surface area contributed by atoms with E-state index in [1.165, 1.54) is 69.6 Å². The molecule has 2 bridgehead atoms. The molecule has 3 aliphatic rings. The predicted octanol–water partition coefficient (Wildman–Crippen LogP) is 9.35. The van der Waals surface area contributed by atoms with Gasteiger partial charge in [0.1, 0.15) is 18.3 Å². The second kappa shape index (κ2) is 38.7. The molecule has 1 saturated heterocycles. The number of alkyl halides is 6. The summed E-state index contributed by atoms with van der Waals surface area (Å²) in [6, 6.07) is 0. The molecule has 10 unspecified atom stereocenters. The molecule has 0 aromatic rings. The van der Waals surface area contributed by atoms with Crippen LogP contribution in [0.25, 0.3) is 0 Å². The van der Waals surface area contributed by atoms with E-state index in [2.05, 4.69) is 51.8 Å². The van der Waals surface area contributed by atoms with Crippen LogP contribution in [0, 0.1) is 41.4 Å². The van der Waals surface area contributed by atoms with Crippen molar-refractivity contribution in [1.82, 2.24) is 0 Å². The molecule has 0 amide bonds. The van der Waals surface area contributed by atoms with E-state index in [4.69, 9.17) is 37.9 Å². The predicted molar refractivity (Wildman–Crippen MR) is 321 cm³/mol. The summed E-state index contributed by atoms with van der Waals surface area (Å²) in [5.41, 5.74) is -4.75. The molecule has 0 aromatic carbocycles. The van der Waals surface area contributed by atoms with Gasteiger partial charge >= 0.3 is 78.0 Å². The van der Waals surface area contributed by atoms with Crippen LogP contribution in [0.15, 0.2) is 60.8 Å². The number of ether oxygens (including phenoxy) is 12. The van der Waals surface area contributed by atoms with Gasteiger partial charge in [-0.1, -0.05) is 74.4 Å².